The molecular formula is C16H21BrN2O2S. The number of hydrogen-bond acceptors (Lipinski definition) is 3. The van der Waals surface area contributed by atoms with E-state index in [9.17, 15) is 4.79 Å². The molecule has 0 radical (unpaired) electrons. The van der Waals surface area contributed by atoms with Gasteiger partial charge in [-0.15, -0.1) is 0 Å². The molecule has 0 unspecified atom stereocenters. The van der Waals surface area contributed by atoms with E-state index >= 15 is 0 Å². The maximum Gasteiger partial charge on any atom is 0.264 e. The highest BCUT2D eigenvalue weighted by molar-refractivity contribution is 9.10. The van der Waals surface area contributed by atoms with Crippen LogP contribution in [0.25, 0.3) is 0 Å². The van der Waals surface area contributed by atoms with E-state index in [1.54, 1.807) is 0 Å². The van der Waals surface area contributed by atoms with Crippen molar-refractivity contribution in [2.45, 2.75) is 32.6 Å². The van der Waals surface area contributed by atoms with Gasteiger partial charge >= 0.3 is 0 Å². The largest absolute Gasteiger partial charge is 0.483 e. The Balaban J connectivity index is 1.80. The normalized spacial score (nSPS) is 15.1. The van der Waals surface area contributed by atoms with Crippen molar-refractivity contribution < 1.29 is 9.53 Å². The molecule has 0 spiro atoms. The molecule has 0 aliphatic carbocycles. The predicted octanol–water partition coefficient (Wildman–Crippen LogP) is 3.41. The molecule has 1 heterocycles. The van der Waals surface area contributed by atoms with E-state index in [4.69, 9.17) is 17.0 Å². The second-order valence-corrected chi connectivity index (χ2v) is 6.72. The summed E-state index contributed by atoms with van der Waals surface area (Å²) >= 11 is 8.74. The van der Waals surface area contributed by atoms with Crippen molar-refractivity contribution in [1.29, 1.82) is 0 Å². The van der Waals surface area contributed by atoms with Crippen molar-refractivity contribution >= 4 is 39.2 Å². The van der Waals surface area contributed by atoms with Crippen LogP contribution in [0, 0.1) is 6.92 Å². The van der Waals surface area contributed by atoms with Crippen LogP contribution in [-0.2, 0) is 4.79 Å². The number of carbonyl (C=O) groups is 1. The summed E-state index contributed by atoms with van der Waals surface area (Å²) in [6.07, 6.45) is 4.72. The molecule has 1 aromatic carbocycles. The molecule has 4 nitrogen and oxygen atoms in total. The Morgan fingerprint density at radius 3 is 2.64 bits per heavy atom. The minimum Gasteiger partial charge on any atom is -0.483 e. The van der Waals surface area contributed by atoms with E-state index < -0.39 is 0 Å². The Morgan fingerprint density at radius 1 is 1.32 bits per heavy atom. The first-order valence-electron chi connectivity index (χ1n) is 7.54. The number of rotatable bonds is 3. The lowest BCUT2D eigenvalue weighted by atomic mass is 10.2. The zero-order chi connectivity index (χ0) is 15.9. The molecule has 0 bridgehead atoms. The smallest absolute Gasteiger partial charge is 0.264 e. The van der Waals surface area contributed by atoms with Gasteiger partial charge in [0.05, 0.1) is 4.47 Å². The van der Waals surface area contributed by atoms with Gasteiger partial charge < -0.3 is 15.0 Å². The van der Waals surface area contributed by atoms with E-state index in [0.717, 1.165) is 36.0 Å². The summed E-state index contributed by atoms with van der Waals surface area (Å²) in [6, 6.07) is 5.74. The van der Waals surface area contributed by atoms with Crippen molar-refractivity contribution in [2.75, 3.05) is 19.7 Å². The monoisotopic (exact) mass is 384 g/mol. The van der Waals surface area contributed by atoms with Gasteiger partial charge in [-0.25, -0.2) is 0 Å². The van der Waals surface area contributed by atoms with Crippen LogP contribution in [0.4, 0.5) is 0 Å². The lowest BCUT2D eigenvalue weighted by Gasteiger charge is -2.23. The SMILES string of the molecule is Cc1ccc(OCC(=O)NC(=S)N2CCCCCC2)c(Br)c1. The van der Waals surface area contributed by atoms with Crippen LogP contribution in [-0.4, -0.2) is 35.6 Å². The van der Waals surface area contributed by atoms with Gasteiger partial charge in [0.2, 0.25) is 0 Å². The van der Waals surface area contributed by atoms with Crippen LogP contribution in [0.15, 0.2) is 22.7 Å². The minimum absolute atomic E-state index is 0.0460. The van der Waals surface area contributed by atoms with Crippen molar-refractivity contribution in [3.63, 3.8) is 0 Å². The van der Waals surface area contributed by atoms with Gasteiger partial charge in [-0.1, -0.05) is 18.9 Å². The van der Waals surface area contributed by atoms with Crippen molar-refractivity contribution in [1.82, 2.24) is 10.2 Å². The number of likely N-dealkylation sites (tertiary alicyclic amines) is 1. The molecule has 1 aliphatic rings. The first-order chi connectivity index (χ1) is 10.6. The third kappa shape index (κ3) is 5.25. The molecule has 120 valence electrons. The van der Waals surface area contributed by atoms with Crippen molar-refractivity contribution in [2.24, 2.45) is 0 Å². The molecule has 0 saturated carbocycles. The average Bonchev–Trinajstić information content (AvgIpc) is 2.75. The standard InChI is InChI=1S/C16H21BrN2O2S/c1-12-6-7-14(13(17)10-12)21-11-15(20)18-16(22)19-8-4-2-3-5-9-19/h6-7,10H,2-5,8-9,11H2,1H3,(H,18,20,22). The third-order valence-electron chi connectivity index (χ3n) is 3.59. The van der Waals surface area contributed by atoms with E-state index in [1.807, 2.05) is 25.1 Å². The van der Waals surface area contributed by atoms with Crippen molar-refractivity contribution in [3.05, 3.63) is 28.2 Å². The summed E-state index contributed by atoms with van der Waals surface area (Å²) in [5.41, 5.74) is 1.13. The number of carbonyl (C=O) groups excluding carboxylic acids is 1. The Bertz CT molecular complexity index is 543. The van der Waals surface area contributed by atoms with Crippen LogP contribution in [0.5, 0.6) is 5.75 Å². The zero-order valence-corrected chi connectivity index (χ0v) is 15.1. The highest BCUT2D eigenvalue weighted by Crippen LogP contribution is 2.25. The fraction of sp³-hybridized carbons (Fsp3) is 0.500. The van der Waals surface area contributed by atoms with E-state index in [2.05, 4.69) is 26.1 Å². The summed E-state index contributed by atoms with van der Waals surface area (Å²) in [7, 11) is 0. The minimum atomic E-state index is -0.221. The maximum atomic E-state index is 12.0. The number of halogens is 1. The van der Waals surface area contributed by atoms with E-state index in [-0.39, 0.29) is 12.5 Å². The second-order valence-electron chi connectivity index (χ2n) is 5.48. The molecule has 1 fully saturated rings. The molecule has 1 aromatic rings. The first kappa shape index (κ1) is 17.2. The quantitative estimate of drug-likeness (QED) is 0.810. The number of nitrogens with zero attached hydrogens (tertiary/aromatic N) is 1. The number of nitrogens with one attached hydrogen (secondary N) is 1. The van der Waals surface area contributed by atoms with Crippen LogP contribution >= 0.6 is 28.1 Å². The molecule has 2 rings (SSSR count). The molecule has 1 N–H and O–H groups in total. The Kier molecular flexibility index (Phi) is 6.64. The van der Waals surface area contributed by atoms with Crippen LogP contribution < -0.4 is 10.1 Å². The second kappa shape index (κ2) is 8.48. The van der Waals surface area contributed by atoms with Gasteiger partial charge in [-0.2, -0.15) is 0 Å². The number of hydrogen-bond donors (Lipinski definition) is 1. The average molecular weight is 385 g/mol. The molecular weight excluding hydrogens is 364 g/mol. The molecule has 22 heavy (non-hydrogen) atoms. The highest BCUT2D eigenvalue weighted by Gasteiger charge is 2.15. The first-order valence-corrected chi connectivity index (χ1v) is 8.74. The van der Waals surface area contributed by atoms with Gasteiger partial charge in [0, 0.05) is 13.1 Å². The Morgan fingerprint density at radius 2 is 2.00 bits per heavy atom. The number of ether oxygens (including phenoxy) is 1. The fourth-order valence-corrected chi connectivity index (χ4v) is 3.28. The van der Waals surface area contributed by atoms with Crippen LogP contribution in [0.2, 0.25) is 0 Å². The summed E-state index contributed by atoms with van der Waals surface area (Å²) < 4.78 is 6.37. The van der Waals surface area contributed by atoms with E-state index in [0.29, 0.717) is 10.9 Å². The Hall–Kier alpha value is -1.14. The van der Waals surface area contributed by atoms with Gasteiger partial charge in [0.15, 0.2) is 11.7 Å². The van der Waals surface area contributed by atoms with Gasteiger partial charge in [-0.3, -0.25) is 4.79 Å². The topological polar surface area (TPSA) is 41.6 Å². The molecule has 0 aromatic heterocycles. The molecule has 1 saturated heterocycles. The lowest BCUT2D eigenvalue weighted by Crippen LogP contribution is -2.44. The van der Waals surface area contributed by atoms with Crippen molar-refractivity contribution in [3.8, 4) is 5.75 Å². The van der Waals surface area contributed by atoms with Gasteiger partial charge in [0.1, 0.15) is 5.75 Å². The number of thiocarbonyl (C=S) groups is 1. The van der Waals surface area contributed by atoms with Gasteiger partial charge in [0.25, 0.3) is 5.91 Å². The molecule has 0 atom stereocenters. The molecule has 6 heteroatoms. The summed E-state index contributed by atoms with van der Waals surface area (Å²) in [6.45, 7) is 3.80. The maximum absolute atomic E-state index is 12.0. The number of aryl methyl sites for hydroxylation is 1. The highest BCUT2D eigenvalue weighted by atomic mass is 79.9. The van der Waals surface area contributed by atoms with Gasteiger partial charge in [-0.05, 0) is 65.6 Å². The predicted molar refractivity (Wildman–Crippen MR) is 95.2 cm³/mol. The zero-order valence-electron chi connectivity index (χ0n) is 12.7. The van der Waals surface area contributed by atoms with E-state index in [1.165, 1.54) is 12.8 Å². The fourth-order valence-electron chi connectivity index (χ4n) is 2.37. The summed E-state index contributed by atoms with van der Waals surface area (Å²) in [5.74, 6) is 0.433. The Labute approximate surface area is 145 Å². The summed E-state index contributed by atoms with van der Waals surface area (Å²) in [5, 5.41) is 3.27. The molecule has 1 aliphatic heterocycles. The summed E-state index contributed by atoms with van der Waals surface area (Å²) in [4.78, 5) is 14.0. The van der Waals surface area contributed by atoms with Crippen LogP contribution in [0.1, 0.15) is 31.2 Å². The number of benzene rings is 1. The van der Waals surface area contributed by atoms with Crippen LogP contribution in [0.3, 0.4) is 0 Å². The lowest BCUT2D eigenvalue weighted by molar-refractivity contribution is -0.121. The third-order valence-corrected chi connectivity index (χ3v) is 4.57. The molecule has 1 amide bonds. The number of amides is 1.